The second-order valence-corrected chi connectivity index (χ2v) is 4.16. The molecule has 0 N–H and O–H groups in total. The zero-order valence-electron chi connectivity index (χ0n) is 7.02. The highest BCUT2D eigenvalue weighted by molar-refractivity contribution is 8.22. The quantitative estimate of drug-likeness (QED) is 0.506. The molecular weight excluding hydrogens is 188 g/mol. The van der Waals surface area contributed by atoms with Gasteiger partial charge in [-0.05, 0) is 12.1 Å². The van der Waals surface area contributed by atoms with Crippen LogP contribution in [0.3, 0.4) is 0 Å². The molecule has 1 heterocycles. The van der Waals surface area contributed by atoms with Crippen LogP contribution in [-0.2, 0) is 0 Å². The molecular formula is C8H10N2S2. The fraction of sp³-hybridized carbons (Fsp3) is 0.250. The van der Waals surface area contributed by atoms with Crippen LogP contribution in [0.25, 0.3) is 0 Å². The lowest BCUT2D eigenvalue weighted by Crippen LogP contribution is -2.15. The minimum absolute atomic E-state index is 0.850. The van der Waals surface area contributed by atoms with Crippen LogP contribution in [0.5, 0.6) is 0 Å². The molecule has 0 spiro atoms. The fourth-order valence-electron chi connectivity index (χ4n) is 0.600. The van der Waals surface area contributed by atoms with Gasteiger partial charge in [-0.1, -0.05) is 24.0 Å². The molecule has 0 radical (unpaired) electrons. The van der Waals surface area contributed by atoms with Crippen molar-refractivity contribution in [1.82, 2.24) is 9.88 Å². The van der Waals surface area contributed by atoms with Crippen LogP contribution >= 0.6 is 24.0 Å². The minimum atomic E-state index is 0.850. The Labute approximate surface area is 82.0 Å². The standard InChI is InChI=1S/C8H10N2S2/c1-10(2)8(11)12-7-4-3-5-9-6-7/h3-6H,1-2H3. The Balaban J connectivity index is 2.59. The van der Waals surface area contributed by atoms with E-state index in [9.17, 15) is 0 Å². The Morgan fingerprint density at radius 3 is 2.83 bits per heavy atom. The first-order valence-corrected chi connectivity index (χ1v) is 4.72. The van der Waals surface area contributed by atoms with Crippen molar-refractivity contribution >= 4 is 28.3 Å². The van der Waals surface area contributed by atoms with Gasteiger partial charge in [0.25, 0.3) is 0 Å². The van der Waals surface area contributed by atoms with Crippen molar-refractivity contribution in [2.24, 2.45) is 0 Å². The van der Waals surface area contributed by atoms with E-state index >= 15 is 0 Å². The minimum Gasteiger partial charge on any atom is -0.363 e. The van der Waals surface area contributed by atoms with Gasteiger partial charge < -0.3 is 4.90 Å². The van der Waals surface area contributed by atoms with Gasteiger partial charge >= 0.3 is 0 Å². The molecule has 0 unspecified atom stereocenters. The van der Waals surface area contributed by atoms with Crippen molar-refractivity contribution < 1.29 is 0 Å². The third-order valence-corrected chi connectivity index (χ3v) is 2.84. The molecule has 0 saturated heterocycles. The van der Waals surface area contributed by atoms with E-state index in [1.807, 2.05) is 31.1 Å². The molecule has 0 amide bonds. The molecule has 0 aliphatic heterocycles. The monoisotopic (exact) mass is 198 g/mol. The summed E-state index contributed by atoms with van der Waals surface area (Å²) < 4.78 is 0.850. The number of rotatable bonds is 1. The molecule has 12 heavy (non-hydrogen) atoms. The van der Waals surface area contributed by atoms with Crippen molar-refractivity contribution in [2.75, 3.05) is 14.1 Å². The molecule has 0 aliphatic carbocycles. The van der Waals surface area contributed by atoms with Gasteiger partial charge in [-0.3, -0.25) is 4.98 Å². The molecule has 64 valence electrons. The third kappa shape index (κ3) is 2.79. The van der Waals surface area contributed by atoms with Gasteiger partial charge in [0, 0.05) is 31.4 Å². The lowest BCUT2D eigenvalue weighted by molar-refractivity contribution is 0.648. The fourth-order valence-corrected chi connectivity index (χ4v) is 1.53. The summed E-state index contributed by atoms with van der Waals surface area (Å²) in [7, 11) is 3.87. The molecule has 2 nitrogen and oxygen atoms in total. The molecule has 0 saturated carbocycles. The number of thiocarbonyl (C=S) groups is 1. The zero-order valence-corrected chi connectivity index (χ0v) is 8.65. The maximum atomic E-state index is 5.12. The van der Waals surface area contributed by atoms with E-state index in [1.165, 1.54) is 0 Å². The van der Waals surface area contributed by atoms with Crippen LogP contribution in [0.1, 0.15) is 0 Å². The average Bonchev–Trinajstić information content (AvgIpc) is 2.06. The van der Waals surface area contributed by atoms with Crippen LogP contribution in [-0.4, -0.2) is 28.3 Å². The van der Waals surface area contributed by atoms with E-state index in [0.29, 0.717) is 0 Å². The summed E-state index contributed by atoms with van der Waals surface area (Å²) in [6.45, 7) is 0. The predicted molar refractivity (Wildman–Crippen MR) is 56.4 cm³/mol. The smallest absolute Gasteiger partial charge is 0.140 e. The van der Waals surface area contributed by atoms with Gasteiger partial charge in [-0.15, -0.1) is 0 Å². The number of pyridine rings is 1. The maximum absolute atomic E-state index is 5.12. The van der Waals surface area contributed by atoms with Crippen LogP contribution in [0.2, 0.25) is 0 Å². The van der Waals surface area contributed by atoms with Crippen molar-refractivity contribution in [3.05, 3.63) is 24.5 Å². The first-order chi connectivity index (χ1) is 5.70. The largest absolute Gasteiger partial charge is 0.363 e. The summed E-state index contributed by atoms with van der Waals surface area (Å²) in [5, 5.41) is 0. The first kappa shape index (κ1) is 9.48. The van der Waals surface area contributed by atoms with Gasteiger partial charge in [-0.2, -0.15) is 0 Å². The van der Waals surface area contributed by atoms with Crippen LogP contribution < -0.4 is 0 Å². The Bertz CT molecular complexity index is 259. The van der Waals surface area contributed by atoms with Crippen LogP contribution in [0, 0.1) is 0 Å². The first-order valence-electron chi connectivity index (χ1n) is 3.49. The van der Waals surface area contributed by atoms with E-state index < -0.39 is 0 Å². The molecule has 0 atom stereocenters. The van der Waals surface area contributed by atoms with E-state index in [1.54, 1.807) is 24.2 Å². The molecule has 0 fully saturated rings. The van der Waals surface area contributed by atoms with Gasteiger partial charge in [0.2, 0.25) is 0 Å². The number of hydrogen-bond acceptors (Lipinski definition) is 3. The lowest BCUT2D eigenvalue weighted by atomic mass is 10.5. The topological polar surface area (TPSA) is 16.1 Å². The van der Waals surface area contributed by atoms with Crippen molar-refractivity contribution in [3.8, 4) is 0 Å². The maximum Gasteiger partial charge on any atom is 0.140 e. The van der Waals surface area contributed by atoms with Gasteiger partial charge in [0.05, 0.1) is 0 Å². The lowest BCUT2D eigenvalue weighted by Gasteiger charge is -2.11. The number of aromatic nitrogens is 1. The zero-order chi connectivity index (χ0) is 8.97. The molecule has 1 aromatic heterocycles. The Kier molecular flexibility index (Phi) is 3.49. The van der Waals surface area contributed by atoms with Crippen molar-refractivity contribution in [1.29, 1.82) is 0 Å². The highest BCUT2D eigenvalue weighted by Gasteiger charge is 2.00. The summed E-state index contributed by atoms with van der Waals surface area (Å²) in [6, 6.07) is 3.90. The summed E-state index contributed by atoms with van der Waals surface area (Å²) in [5.74, 6) is 0. The van der Waals surface area contributed by atoms with Crippen LogP contribution in [0.4, 0.5) is 0 Å². The Morgan fingerprint density at radius 2 is 2.33 bits per heavy atom. The Hall–Kier alpha value is -0.610. The molecule has 1 aromatic rings. The highest BCUT2D eigenvalue weighted by atomic mass is 32.2. The number of nitrogens with zero attached hydrogens (tertiary/aromatic N) is 2. The van der Waals surface area contributed by atoms with Gasteiger partial charge in [0.1, 0.15) is 4.32 Å². The normalized spacial score (nSPS) is 9.50. The molecule has 4 heteroatoms. The average molecular weight is 198 g/mol. The Morgan fingerprint density at radius 1 is 1.58 bits per heavy atom. The summed E-state index contributed by atoms with van der Waals surface area (Å²) in [6.07, 6.45) is 3.56. The van der Waals surface area contributed by atoms with Crippen LogP contribution in [0.15, 0.2) is 29.4 Å². The highest BCUT2D eigenvalue weighted by Crippen LogP contribution is 2.18. The SMILES string of the molecule is CN(C)C(=S)Sc1cccnc1. The number of hydrogen-bond donors (Lipinski definition) is 0. The second kappa shape index (κ2) is 4.42. The third-order valence-electron chi connectivity index (χ3n) is 1.20. The van der Waals surface area contributed by atoms with E-state index in [4.69, 9.17) is 12.2 Å². The van der Waals surface area contributed by atoms with Crippen molar-refractivity contribution in [2.45, 2.75) is 4.90 Å². The predicted octanol–water partition coefficient (Wildman–Crippen LogP) is 2.02. The summed E-state index contributed by atoms with van der Waals surface area (Å²) in [5.41, 5.74) is 0. The molecule has 0 aliphatic rings. The van der Waals surface area contributed by atoms with E-state index in [0.717, 1.165) is 9.22 Å². The summed E-state index contributed by atoms with van der Waals surface area (Å²) in [4.78, 5) is 6.99. The molecule has 0 bridgehead atoms. The molecule has 0 aromatic carbocycles. The van der Waals surface area contributed by atoms with E-state index in [-0.39, 0.29) is 0 Å². The molecule has 1 rings (SSSR count). The van der Waals surface area contributed by atoms with Crippen molar-refractivity contribution in [3.63, 3.8) is 0 Å². The second-order valence-electron chi connectivity index (χ2n) is 2.45. The van der Waals surface area contributed by atoms with Gasteiger partial charge in [0.15, 0.2) is 0 Å². The number of thioether (sulfide) groups is 1. The summed E-state index contributed by atoms with van der Waals surface area (Å²) >= 11 is 6.67. The van der Waals surface area contributed by atoms with Gasteiger partial charge in [-0.25, -0.2) is 0 Å². The van der Waals surface area contributed by atoms with E-state index in [2.05, 4.69) is 4.98 Å².